The lowest BCUT2D eigenvalue weighted by atomic mass is 9.77. The molecule has 0 bridgehead atoms. The molecule has 1 saturated heterocycles. The second-order valence-corrected chi connectivity index (χ2v) is 6.24. The molecule has 3 heterocycles. The topological polar surface area (TPSA) is 71.3 Å². The van der Waals surface area contributed by atoms with Crippen LogP contribution in [0.5, 0.6) is 0 Å². The molecule has 1 amide bonds. The molecule has 0 aliphatic carbocycles. The molecule has 1 atom stereocenters. The normalized spacial score (nSPS) is 21.3. The summed E-state index contributed by atoms with van der Waals surface area (Å²) in [5.74, 6) is 0.778. The minimum absolute atomic E-state index is 0.0186. The van der Waals surface area contributed by atoms with Gasteiger partial charge in [0.25, 0.3) is 0 Å². The van der Waals surface area contributed by atoms with E-state index in [0.717, 1.165) is 30.9 Å². The Bertz CT molecular complexity index is 648. The van der Waals surface area contributed by atoms with Gasteiger partial charge in [-0.3, -0.25) is 9.20 Å². The fourth-order valence-electron chi connectivity index (χ4n) is 2.94. The highest BCUT2D eigenvalue weighted by Gasteiger charge is 2.36. The number of hydrogen-bond acceptors (Lipinski definition) is 4. The van der Waals surface area contributed by atoms with Gasteiger partial charge in [0.15, 0.2) is 11.5 Å². The Labute approximate surface area is 123 Å². The number of hydrogen-bond donors (Lipinski definition) is 2. The number of nitrogens with one attached hydrogen (secondary N) is 2. The molecule has 21 heavy (non-hydrogen) atoms. The van der Waals surface area contributed by atoms with E-state index in [2.05, 4.69) is 34.7 Å². The van der Waals surface area contributed by atoms with E-state index in [1.807, 2.05) is 28.8 Å². The van der Waals surface area contributed by atoms with Crippen LogP contribution in [-0.4, -0.2) is 33.1 Å². The summed E-state index contributed by atoms with van der Waals surface area (Å²) in [5.41, 5.74) is 0.771. The van der Waals surface area contributed by atoms with Gasteiger partial charge in [-0.25, -0.2) is 0 Å². The maximum absolute atomic E-state index is 12.4. The van der Waals surface area contributed by atoms with Gasteiger partial charge in [-0.15, -0.1) is 10.2 Å². The quantitative estimate of drug-likeness (QED) is 0.887. The number of carbonyl (C=O) groups is 1. The van der Waals surface area contributed by atoms with Crippen LogP contribution in [0.3, 0.4) is 0 Å². The van der Waals surface area contributed by atoms with Crippen molar-refractivity contribution < 1.29 is 4.79 Å². The molecule has 1 aliphatic heterocycles. The first-order valence-electron chi connectivity index (χ1n) is 7.38. The first-order chi connectivity index (χ1) is 10.1. The molecule has 6 nitrogen and oxygen atoms in total. The molecule has 1 unspecified atom stereocenters. The van der Waals surface area contributed by atoms with Crippen LogP contribution in [0.4, 0.5) is 0 Å². The number of aromatic nitrogens is 3. The molecular formula is C15H21N5O. The van der Waals surface area contributed by atoms with Gasteiger partial charge < -0.3 is 10.6 Å². The fourth-order valence-corrected chi connectivity index (χ4v) is 2.94. The molecule has 2 N–H and O–H groups in total. The number of piperidine rings is 1. The van der Waals surface area contributed by atoms with Crippen molar-refractivity contribution in [2.24, 2.45) is 5.41 Å². The van der Waals surface area contributed by atoms with Gasteiger partial charge in [0.2, 0.25) is 5.91 Å². The highest BCUT2D eigenvalue weighted by molar-refractivity contribution is 5.82. The van der Waals surface area contributed by atoms with Gasteiger partial charge >= 0.3 is 0 Å². The van der Waals surface area contributed by atoms with E-state index in [4.69, 9.17) is 0 Å². The molecule has 0 aromatic carbocycles. The average Bonchev–Trinajstić information content (AvgIpc) is 2.87. The van der Waals surface area contributed by atoms with Crippen LogP contribution in [0.2, 0.25) is 0 Å². The van der Waals surface area contributed by atoms with Crippen molar-refractivity contribution in [3.8, 4) is 0 Å². The summed E-state index contributed by atoms with van der Waals surface area (Å²) in [5, 5.41) is 14.5. The highest BCUT2D eigenvalue weighted by atomic mass is 16.2. The predicted molar refractivity (Wildman–Crippen MR) is 79.6 cm³/mol. The lowest BCUT2D eigenvalue weighted by Gasteiger charge is -2.38. The largest absolute Gasteiger partial charge is 0.347 e. The third-order valence-electron chi connectivity index (χ3n) is 4.20. The zero-order valence-electron chi connectivity index (χ0n) is 12.5. The molecule has 6 heteroatoms. The Balaban J connectivity index is 1.68. The Morgan fingerprint density at radius 3 is 3.14 bits per heavy atom. The Hall–Kier alpha value is -1.95. The third kappa shape index (κ3) is 2.76. The van der Waals surface area contributed by atoms with E-state index in [0.29, 0.717) is 6.54 Å². The van der Waals surface area contributed by atoms with Crippen LogP contribution < -0.4 is 10.6 Å². The second kappa shape index (κ2) is 5.44. The van der Waals surface area contributed by atoms with E-state index >= 15 is 0 Å². The number of pyridine rings is 1. The second-order valence-electron chi connectivity index (χ2n) is 6.24. The Morgan fingerprint density at radius 2 is 2.33 bits per heavy atom. The Morgan fingerprint density at radius 1 is 1.48 bits per heavy atom. The van der Waals surface area contributed by atoms with Crippen LogP contribution in [0.1, 0.15) is 32.5 Å². The van der Waals surface area contributed by atoms with Crippen molar-refractivity contribution in [3.05, 3.63) is 30.2 Å². The minimum atomic E-state index is -0.148. The van der Waals surface area contributed by atoms with Gasteiger partial charge in [0, 0.05) is 6.20 Å². The standard InChI is InChI=1S/C15H21N5O/c1-15(2)7-5-8-16-13(15)14(21)17-10-12-19-18-11-6-3-4-9-20(11)12/h3-4,6,9,13,16H,5,7-8,10H2,1-2H3,(H,17,21). The van der Waals surface area contributed by atoms with Crippen LogP contribution in [0, 0.1) is 5.41 Å². The lowest BCUT2D eigenvalue weighted by Crippen LogP contribution is -2.55. The van der Waals surface area contributed by atoms with Crippen molar-refractivity contribution in [2.45, 2.75) is 39.3 Å². The molecule has 0 saturated carbocycles. The zero-order valence-corrected chi connectivity index (χ0v) is 12.5. The highest BCUT2D eigenvalue weighted by Crippen LogP contribution is 2.30. The van der Waals surface area contributed by atoms with Crippen molar-refractivity contribution in [1.29, 1.82) is 0 Å². The molecule has 0 spiro atoms. The van der Waals surface area contributed by atoms with Crippen molar-refractivity contribution in [3.63, 3.8) is 0 Å². The Kier molecular flexibility index (Phi) is 3.63. The van der Waals surface area contributed by atoms with Crippen LogP contribution >= 0.6 is 0 Å². The fraction of sp³-hybridized carbons (Fsp3) is 0.533. The zero-order chi connectivity index (χ0) is 14.9. The number of amides is 1. The number of nitrogens with zero attached hydrogens (tertiary/aromatic N) is 3. The predicted octanol–water partition coefficient (Wildman–Crippen LogP) is 1.12. The number of fused-ring (bicyclic) bond motifs is 1. The van der Waals surface area contributed by atoms with Crippen molar-refractivity contribution in [2.75, 3.05) is 6.54 Å². The summed E-state index contributed by atoms with van der Waals surface area (Å²) in [6.07, 6.45) is 4.08. The summed E-state index contributed by atoms with van der Waals surface area (Å²) in [4.78, 5) is 12.4. The minimum Gasteiger partial charge on any atom is -0.347 e. The molecule has 0 radical (unpaired) electrons. The van der Waals surface area contributed by atoms with Gasteiger partial charge in [0.1, 0.15) is 0 Å². The van der Waals surface area contributed by atoms with Crippen molar-refractivity contribution in [1.82, 2.24) is 25.2 Å². The molecule has 3 rings (SSSR count). The van der Waals surface area contributed by atoms with E-state index in [1.165, 1.54) is 0 Å². The van der Waals surface area contributed by atoms with Crippen molar-refractivity contribution >= 4 is 11.6 Å². The summed E-state index contributed by atoms with van der Waals surface area (Å²) in [7, 11) is 0. The summed E-state index contributed by atoms with van der Waals surface area (Å²) < 4.78 is 1.89. The first kappa shape index (κ1) is 14.0. The monoisotopic (exact) mass is 287 g/mol. The maximum Gasteiger partial charge on any atom is 0.238 e. The van der Waals surface area contributed by atoms with Gasteiger partial charge in [-0.05, 0) is 36.9 Å². The molecule has 1 fully saturated rings. The average molecular weight is 287 g/mol. The summed E-state index contributed by atoms with van der Waals surface area (Å²) in [6.45, 7) is 5.55. The van der Waals surface area contributed by atoms with E-state index < -0.39 is 0 Å². The molecule has 1 aliphatic rings. The van der Waals surface area contributed by atoms with E-state index in [9.17, 15) is 4.79 Å². The van der Waals surface area contributed by atoms with Crippen LogP contribution in [0.25, 0.3) is 5.65 Å². The SMILES string of the molecule is CC1(C)CCCNC1C(=O)NCc1nnc2ccccn12. The third-order valence-corrected chi connectivity index (χ3v) is 4.20. The van der Waals surface area contributed by atoms with Crippen LogP contribution in [-0.2, 0) is 11.3 Å². The molecule has 112 valence electrons. The molecule has 2 aromatic heterocycles. The van der Waals surface area contributed by atoms with Crippen LogP contribution in [0.15, 0.2) is 24.4 Å². The number of carbonyl (C=O) groups excluding carboxylic acids is 1. The van der Waals surface area contributed by atoms with Gasteiger partial charge in [-0.1, -0.05) is 19.9 Å². The van der Waals surface area contributed by atoms with Gasteiger partial charge in [-0.2, -0.15) is 0 Å². The first-order valence-corrected chi connectivity index (χ1v) is 7.38. The van der Waals surface area contributed by atoms with Gasteiger partial charge in [0.05, 0.1) is 12.6 Å². The summed E-state index contributed by atoms with van der Waals surface area (Å²) in [6, 6.07) is 5.59. The maximum atomic E-state index is 12.4. The summed E-state index contributed by atoms with van der Waals surface area (Å²) >= 11 is 0. The lowest BCUT2D eigenvalue weighted by molar-refractivity contribution is -0.127. The molecular weight excluding hydrogens is 266 g/mol. The smallest absolute Gasteiger partial charge is 0.238 e. The molecule has 2 aromatic rings. The number of rotatable bonds is 3. The van der Waals surface area contributed by atoms with E-state index in [1.54, 1.807) is 0 Å². The van der Waals surface area contributed by atoms with E-state index in [-0.39, 0.29) is 17.4 Å².